The van der Waals surface area contributed by atoms with Crippen LogP contribution in [0.25, 0.3) is 0 Å². The van der Waals surface area contributed by atoms with E-state index in [4.69, 9.17) is 0 Å². The van der Waals surface area contributed by atoms with Crippen LogP contribution in [0.15, 0.2) is 0 Å². The van der Waals surface area contributed by atoms with Gasteiger partial charge in [-0.1, -0.05) is 13.8 Å². The van der Waals surface area contributed by atoms with Crippen molar-refractivity contribution >= 4 is 18.3 Å². The molecule has 0 saturated carbocycles. The standard InChI is InChI=1S/C13H27N3O.ClH/c1-11(2)8-15-13(17)10-16-6-4-12(5-7-16)9-14-3;/h11-12,14H,4-10H2,1-3H3,(H,15,17);1H. The van der Waals surface area contributed by atoms with Crippen molar-refractivity contribution in [3.63, 3.8) is 0 Å². The third kappa shape index (κ3) is 7.19. The second-order valence-electron chi connectivity index (χ2n) is 5.48. The molecule has 5 heteroatoms. The van der Waals surface area contributed by atoms with Gasteiger partial charge in [0.2, 0.25) is 5.91 Å². The molecule has 0 aromatic rings. The van der Waals surface area contributed by atoms with E-state index in [0.29, 0.717) is 12.5 Å². The van der Waals surface area contributed by atoms with Crippen LogP contribution in [0, 0.1) is 11.8 Å². The SMILES string of the molecule is CNCC1CCN(CC(=O)NCC(C)C)CC1.Cl. The van der Waals surface area contributed by atoms with Gasteiger partial charge in [-0.15, -0.1) is 12.4 Å². The zero-order chi connectivity index (χ0) is 12.7. The van der Waals surface area contributed by atoms with Gasteiger partial charge in [0.1, 0.15) is 0 Å². The van der Waals surface area contributed by atoms with Gasteiger partial charge in [0.25, 0.3) is 0 Å². The smallest absolute Gasteiger partial charge is 0.234 e. The lowest BCUT2D eigenvalue weighted by atomic mass is 9.97. The molecular formula is C13H28ClN3O. The van der Waals surface area contributed by atoms with Crippen LogP contribution in [0.4, 0.5) is 0 Å². The van der Waals surface area contributed by atoms with Crippen LogP contribution in [0.5, 0.6) is 0 Å². The molecule has 0 atom stereocenters. The summed E-state index contributed by atoms with van der Waals surface area (Å²) in [5.74, 6) is 1.49. The van der Waals surface area contributed by atoms with E-state index in [1.807, 2.05) is 7.05 Å². The molecule has 0 bridgehead atoms. The molecule has 18 heavy (non-hydrogen) atoms. The van der Waals surface area contributed by atoms with Gasteiger partial charge in [-0.3, -0.25) is 9.69 Å². The summed E-state index contributed by atoms with van der Waals surface area (Å²) in [7, 11) is 2.01. The second kappa shape index (κ2) is 9.59. The number of hydrogen-bond donors (Lipinski definition) is 2. The maximum Gasteiger partial charge on any atom is 0.234 e. The molecule has 4 nitrogen and oxygen atoms in total. The number of nitrogens with one attached hydrogen (secondary N) is 2. The molecule has 0 aromatic heterocycles. The molecule has 0 spiro atoms. The topological polar surface area (TPSA) is 44.4 Å². The second-order valence-corrected chi connectivity index (χ2v) is 5.48. The average molecular weight is 278 g/mol. The molecule has 2 N–H and O–H groups in total. The Labute approximate surface area is 117 Å². The van der Waals surface area contributed by atoms with Crippen LogP contribution in [-0.4, -0.2) is 50.6 Å². The van der Waals surface area contributed by atoms with E-state index < -0.39 is 0 Å². The molecule has 0 aromatic carbocycles. The zero-order valence-corrected chi connectivity index (χ0v) is 12.7. The number of hydrogen-bond acceptors (Lipinski definition) is 3. The number of piperidine rings is 1. The van der Waals surface area contributed by atoms with Crippen LogP contribution >= 0.6 is 12.4 Å². The first-order chi connectivity index (χ1) is 8.11. The van der Waals surface area contributed by atoms with Gasteiger partial charge < -0.3 is 10.6 Å². The Balaban J connectivity index is 0.00000289. The van der Waals surface area contributed by atoms with Crippen LogP contribution < -0.4 is 10.6 Å². The molecule has 0 unspecified atom stereocenters. The summed E-state index contributed by atoms with van der Waals surface area (Å²) in [5.41, 5.74) is 0. The van der Waals surface area contributed by atoms with Gasteiger partial charge in [-0.25, -0.2) is 0 Å². The maximum absolute atomic E-state index is 11.7. The number of carbonyl (C=O) groups excluding carboxylic acids is 1. The third-order valence-corrected chi connectivity index (χ3v) is 3.27. The Kier molecular flexibility index (Phi) is 9.42. The summed E-state index contributed by atoms with van der Waals surface area (Å²) >= 11 is 0. The van der Waals surface area contributed by atoms with Gasteiger partial charge in [-0.05, 0) is 51.4 Å². The monoisotopic (exact) mass is 277 g/mol. The van der Waals surface area contributed by atoms with E-state index in [0.717, 1.165) is 32.1 Å². The fourth-order valence-corrected chi connectivity index (χ4v) is 2.21. The lowest BCUT2D eigenvalue weighted by Crippen LogP contribution is -2.43. The highest BCUT2D eigenvalue weighted by molar-refractivity contribution is 5.85. The third-order valence-electron chi connectivity index (χ3n) is 3.27. The first-order valence-electron chi connectivity index (χ1n) is 6.75. The van der Waals surface area contributed by atoms with Crippen molar-refractivity contribution in [3.05, 3.63) is 0 Å². The summed E-state index contributed by atoms with van der Waals surface area (Å²) in [6, 6.07) is 0. The molecule has 1 aliphatic rings. The predicted molar refractivity (Wildman–Crippen MR) is 78.2 cm³/mol. The molecule has 1 fully saturated rings. The fourth-order valence-electron chi connectivity index (χ4n) is 2.21. The average Bonchev–Trinajstić information content (AvgIpc) is 2.29. The van der Waals surface area contributed by atoms with Crippen molar-refractivity contribution in [2.24, 2.45) is 11.8 Å². The fraction of sp³-hybridized carbons (Fsp3) is 0.923. The van der Waals surface area contributed by atoms with Crippen molar-refractivity contribution in [3.8, 4) is 0 Å². The summed E-state index contributed by atoms with van der Waals surface area (Å²) < 4.78 is 0. The first-order valence-corrected chi connectivity index (χ1v) is 6.75. The predicted octanol–water partition coefficient (Wildman–Crippen LogP) is 1.11. The van der Waals surface area contributed by atoms with E-state index >= 15 is 0 Å². The minimum absolute atomic E-state index is 0. The van der Waals surface area contributed by atoms with Crippen molar-refractivity contribution in [2.45, 2.75) is 26.7 Å². The number of rotatable bonds is 6. The number of likely N-dealkylation sites (tertiary alicyclic amines) is 1. The maximum atomic E-state index is 11.7. The largest absolute Gasteiger partial charge is 0.355 e. The lowest BCUT2D eigenvalue weighted by Gasteiger charge is -2.31. The van der Waals surface area contributed by atoms with Gasteiger partial charge in [-0.2, -0.15) is 0 Å². The molecule has 108 valence electrons. The molecular weight excluding hydrogens is 250 g/mol. The Morgan fingerprint density at radius 1 is 1.33 bits per heavy atom. The van der Waals surface area contributed by atoms with Crippen molar-refractivity contribution in [1.82, 2.24) is 15.5 Å². The van der Waals surface area contributed by atoms with E-state index in [9.17, 15) is 4.79 Å². The van der Waals surface area contributed by atoms with E-state index in [2.05, 4.69) is 29.4 Å². The molecule has 0 aliphatic carbocycles. The van der Waals surface area contributed by atoms with Gasteiger partial charge >= 0.3 is 0 Å². The summed E-state index contributed by atoms with van der Waals surface area (Å²) in [6.45, 7) is 8.80. The molecule has 0 radical (unpaired) electrons. The highest BCUT2D eigenvalue weighted by Crippen LogP contribution is 2.15. The van der Waals surface area contributed by atoms with Crippen LogP contribution in [0.3, 0.4) is 0 Å². The van der Waals surface area contributed by atoms with Crippen molar-refractivity contribution < 1.29 is 4.79 Å². The van der Waals surface area contributed by atoms with Gasteiger partial charge in [0.05, 0.1) is 6.54 Å². The Morgan fingerprint density at radius 2 is 1.94 bits per heavy atom. The van der Waals surface area contributed by atoms with Crippen molar-refractivity contribution in [2.75, 3.05) is 39.8 Å². The first kappa shape index (κ1) is 17.7. The minimum atomic E-state index is 0. The number of amides is 1. The summed E-state index contributed by atoms with van der Waals surface area (Å²) in [4.78, 5) is 13.9. The Bertz CT molecular complexity index is 228. The molecule has 1 heterocycles. The van der Waals surface area contributed by atoms with Crippen molar-refractivity contribution in [1.29, 1.82) is 0 Å². The van der Waals surface area contributed by atoms with Crippen LogP contribution in [0.1, 0.15) is 26.7 Å². The normalized spacial score (nSPS) is 17.6. The lowest BCUT2D eigenvalue weighted by molar-refractivity contribution is -0.122. The number of halogens is 1. The zero-order valence-electron chi connectivity index (χ0n) is 11.9. The van der Waals surface area contributed by atoms with E-state index in [1.165, 1.54) is 12.8 Å². The Hall–Kier alpha value is -0.320. The van der Waals surface area contributed by atoms with Crippen LogP contribution in [0.2, 0.25) is 0 Å². The number of carbonyl (C=O) groups is 1. The van der Waals surface area contributed by atoms with E-state index in [-0.39, 0.29) is 18.3 Å². The molecule has 1 saturated heterocycles. The van der Waals surface area contributed by atoms with Gasteiger partial charge in [0.15, 0.2) is 0 Å². The quantitative estimate of drug-likeness (QED) is 0.765. The van der Waals surface area contributed by atoms with Crippen LogP contribution in [-0.2, 0) is 4.79 Å². The highest BCUT2D eigenvalue weighted by atomic mass is 35.5. The number of nitrogens with zero attached hydrogens (tertiary/aromatic N) is 1. The molecule has 1 amide bonds. The van der Waals surface area contributed by atoms with E-state index in [1.54, 1.807) is 0 Å². The molecule has 1 aliphatic heterocycles. The molecule has 1 rings (SSSR count). The Morgan fingerprint density at radius 3 is 2.44 bits per heavy atom. The highest BCUT2D eigenvalue weighted by Gasteiger charge is 2.20. The summed E-state index contributed by atoms with van der Waals surface area (Å²) in [5, 5.41) is 6.20. The summed E-state index contributed by atoms with van der Waals surface area (Å²) in [6.07, 6.45) is 2.41. The van der Waals surface area contributed by atoms with Gasteiger partial charge in [0, 0.05) is 6.54 Å². The minimum Gasteiger partial charge on any atom is -0.355 e.